The highest BCUT2D eigenvalue weighted by atomic mass is 32.2. The third-order valence-corrected chi connectivity index (χ3v) is 5.60. The number of carbonyl (C=O) groups is 2. The van der Waals surface area contributed by atoms with Gasteiger partial charge in [-0.3, -0.25) is 9.59 Å². The van der Waals surface area contributed by atoms with E-state index in [9.17, 15) is 14.9 Å². The van der Waals surface area contributed by atoms with Crippen molar-refractivity contribution in [1.82, 2.24) is 5.32 Å². The van der Waals surface area contributed by atoms with Gasteiger partial charge in [-0.2, -0.15) is 5.26 Å². The number of nitrogens with zero attached hydrogens (tertiary/aromatic N) is 1. The lowest BCUT2D eigenvalue weighted by Gasteiger charge is -2.25. The van der Waals surface area contributed by atoms with E-state index in [1.165, 1.54) is 11.8 Å². The second-order valence-electron chi connectivity index (χ2n) is 6.42. The Labute approximate surface area is 168 Å². The number of amides is 2. The molecule has 5 nitrogen and oxygen atoms in total. The summed E-state index contributed by atoms with van der Waals surface area (Å²) >= 11 is 1.19. The first-order chi connectivity index (χ1) is 13.6. The van der Waals surface area contributed by atoms with Gasteiger partial charge in [0, 0.05) is 18.0 Å². The Morgan fingerprint density at radius 1 is 1.21 bits per heavy atom. The van der Waals surface area contributed by atoms with E-state index in [1.807, 2.05) is 61.5 Å². The molecule has 1 atom stereocenters. The van der Waals surface area contributed by atoms with Crippen LogP contribution in [0, 0.1) is 11.3 Å². The van der Waals surface area contributed by atoms with Crippen LogP contribution in [-0.2, 0) is 16.0 Å². The van der Waals surface area contributed by atoms with Crippen LogP contribution in [0.3, 0.4) is 0 Å². The summed E-state index contributed by atoms with van der Waals surface area (Å²) < 4.78 is 0. The van der Waals surface area contributed by atoms with Gasteiger partial charge in [0.15, 0.2) is 0 Å². The number of rotatable bonds is 6. The standard InChI is InChI=1S/C22H21N3O2S/c1-2-15-8-6-7-11-19(15)24-21(27)14-28-22-18(13-23)17(12-20(26)25-22)16-9-4-3-5-10-16/h3-11,17H,2,12,14H2,1H3,(H,24,27)(H,25,26)/t17-/m0/s1. The Hall–Kier alpha value is -3.04. The number of nitrogens with one attached hydrogen (secondary N) is 2. The summed E-state index contributed by atoms with van der Waals surface area (Å²) in [5.74, 6) is -0.495. The van der Waals surface area contributed by atoms with Gasteiger partial charge >= 0.3 is 0 Å². The second kappa shape index (κ2) is 9.25. The molecule has 1 aliphatic heterocycles. The molecular formula is C22H21N3O2S. The van der Waals surface area contributed by atoms with E-state index in [0.29, 0.717) is 10.6 Å². The lowest BCUT2D eigenvalue weighted by Crippen LogP contribution is -2.31. The molecule has 0 spiro atoms. The van der Waals surface area contributed by atoms with Crippen molar-refractivity contribution in [2.24, 2.45) is 0 Å². The number of thioether (sulfide) groups is 1. The van der Waals surface area contributed by atoms with Crippen molar-refractivity contribution < 1.29 is 9.59 Å². The molecule has 142 valence electrons. The SMILES string of the molecule is CCc1ccccc1NC(=O)CSC1=C(C#N)[C@H](c2ccccc2)CC(=O)N1. The highest BCUT2D eigenvalue weighted by Gasteiger charge is 2.29. The molecule has 6 heteroatoms. The van der Waals surface area contributed by atoms with Gasteiger partial charge < -0.3 is 10.6 Å². The lowest BCUT2D eigenvalue weighted by atomic mass is 9.87. The van der Waals surface area contributed by atoms with E-state index in [1.54, 1.807) is 0 Å². The number of anilines is 1. The fraction of sp³-hybridized carbons (Fsp3) is 0.227. The number of benzene rings is 2. The highest BCUT2D eigenvalue weighted by molar-refractivity contribution is 8.03. The van der Waals surface area contributed by atoms with Crippen LogP contribution in [0.1, 0.15) is 30.4 Å². The van der Waals surface area contributed by atoms with Crippen LogP contribution in [-0.4, -0.2) is 17.6 Å². The molecule has 1 aliphatic rings. The molecule has 0 radical (unpaired) electrons. The summed E-state index contributed by atoms with van der Waals surface area (Å²) in [6.45, 7) is 2.03. The summed E-state index contributed by atoms with van der Waals surface area (Å²) in [5.41, 5.74) is 3.28. The Morgan fingerprint density at radius 2 is 1.93 bits per heavy atom. The first-order valence-electron chi connectivity index (χ1n) is 9.12. The number of hydrogen-bond acceptors (Lipinski definition) is 4. The molecule has 2 aromatic rings. The summed E-state index contributed by atoms with van der Waals surface area (Å²) in [4.78, 5) is 24.6. The molecule has 0 fully saturated rings. The quantitative estimate of drug-likeness (QED) is 0.781. The lowest BCUT2D eigenvalue weighted by molar-refractivity contribution is -0.121. The average molecular weight is 391 g/mol. The molecule has 2 N–H and O–H groups in total. The van der Waals surface area contributed by atoms with Gasteiger partial charge in [0.05, 0.1) is 22.4 Å². The van der Waals surface area contributed by atoms with E-state index in [2.05, 4.69) is 16.7 Å². The number of allylic oxidation sites excluding steroid dienone is 1. The largest absolute Gasteiger partial charge is 0.325 e. The Kier molecular flexibility index (Phi) is 6.51. The molecule has 0 aromatic heterocycles. The molecule has 0 bridgehead atoms. The number of hydrogen-bond donors (Lipinski definition) is 2. The van der Waals surface area contributed by atoms with Crippen LogP contribution in [0.15, 0.2) is 65.2 Å². The first kappa shape index (κ1) is 19.7. The monoisotopic (exact) mass is 391 g/mol. The van der Waals surface area contributed by atoms with Crippen LogP contribution < -0.4 is 10.6 Å². The van der Waals surface area contributed by atoms with Crippen LogP contribution in [0.25, 0.3) is 0 Å². The Bertz CT molecular complexity index is 948. The minimum atomic E-state index is -0.286. The summed E-state index contributed by atoms with van der Waals surface area (Å²) in [6.07, 6.45) is 1.05. The predicted molar refractivity (Wildman–Crippen MR) is 111 cm³/mol. The minimum absolute atomic E-state index is 0.111. The third kappa shape index (κ3) is 4.62. The fourth-order valence-corrected chi connectivity index (χ4v) is 4.05. The number of para-hydroxylation sites is 1. The number of aryl methyl sites for hydroxylation is 1. The van der Waals surface area contributed by atoms with Gasteiger partial charge in [-0.1, -0.05) is 67.2 Å². The van der Waals surface area contributed by atoms with E-state index < -0.39 is 0 Å². The van der Waals surface area contributed by atoms with Crippen molar-refractivity contribution in [3.8, 4) is 6.07 Å². The Balaban J connectivity index is 1.74. The average Bonchev–Trinajstić information content (AvgIpc) is 2.73. The normalized spacial score (nSPS) is 16.3. The molecule has 1 heterocycles. The van der Waals surface area contributed by atoms with Crippen molar-refractivity contribution in [3.05, 3.63) is 76.3 Å². The van der Waals surface area contributed by atoms with E-state index in [4.69, 9.17) is 0 Å². The van der Waals surface area contributed by atoms with Gasteiger partial charge in [0.25, 0.3) is 0 Å². The summed E-state index contributed by atoms with van der Waals surface area (Å²) in [6, 6.07) is 19.4. The van der Waals surface area contributed by atoms with Crippen LogP contribution >= 0.6 is 11.8 Å². The van der Waals surface area contributed by atoms with Crippen molar-refractivity contribution in [2.45, 2.75) is 25.7 Å². The van der Waals surface area contributed by atoms with Gasteiger partial charge in [-0.15, -0.1) is 0 Å². The second-order valence-corrected chi connectivity index (χ2v) is 7.40. The van der Waals surface area contributed by atoms with E-state index in [0.717, 1.165) is 23.2 Å². The van der Waals surface area contributed by atoms with Gasteiger partial charge in [0.2, 0.25) is 11.8 Å². The van der Waals surface area contributed by atoms with Crippen LogP contribution in [0.2, 0.25) is 0 Å². The topological polar surface area (TPSA) is 82.0 Å². The fourth-order valence-electron chi connectivity index (χ4n) is 3.18. The maximum absolute atomic E-state index is 12.4. The molecule has 0 saturated heterocycles. The van der Waals surface area contributed by atoms with Crippen molar-refractivity contribution >= 4 is 29.3 Å². The zero-order chi connectivity index (χ0) is 19.9. The molecule has 3 rings (SSSR count). The van der Waals surface area contributed by atoms with E-state index >= 15 is 0 Å². The molecule has 0 saturated carbocycles. The summed E-state index contributed by atoms with van der Waals surface area (Å²) in [5, 5.41) is 15.8. The van der Waals surface area contributed by atoms with Gasteiger partial charge in [-0.25, -0.2) is 0 Å². The number of nitriles is 1. The predicted octanol–water partition coefficient (Wildman–Crippen LogP) is 3.96. The summed E-state index contributed by atoms with van der Waals surface area (Å²) in [7, 11) is 0. The zero-order valence-electron chi connectivity index (χ0n) is 15.6. The van der Waals surface area contributed by atoms with Gasteiger partial charge in [0.1, 0.15) is 0 Å². The zero-order valence-corrected chi connectivity index (χ0v) is 16.4. The van der Waals surface area contributed by atoms with Crippen LogP contribution in [0.5, 0.6) is 0 Å². The molecule has 2 aromatic carbocycles. The maximum atomic E-state index is 12.4. The first-order valence-corrected chi connectivity index (χ1v) is 10.1. The minimum Gasteiger partial charge on any atom is -0.325 e. The van der Waals surface area contributed by atoms with Crippen LogP contribution in [0.4, 0.5) is 5.69 Å². The molecule has 0 unspecified atom stereocenters. The van der Waals surface area contributed by atoms with E-state index in [-0.39, 0.29) is 29.9 Å². The Morgan fingerprint density at radius 3 is 2.64 bits per heavy atom. The van der Waals surface area contributed by atoms with Crippen molar-refractivity contribution in [2.75, 3.05) is 11.1 Å². The van der Waals surface area contributed by atoms with Crippen molar-refractivity contribution in [3.63, 3.8) is 0 Å². The maximum Gasteiger partial charge on any atom is 0.234 e. The van der Waals surface area contributed by atoms with Crippen molar-refractivity contribution in [1.29, 1.82) is 5.26 Å². The number of carbonyl (C=O) groups excluding carboxylic acids is 2. The third-order valence-electron chi connectivity index (χ3n) is 4.58. The molecule has 28 heavy (non-hydrogen) atoms. The molecular weight excluding hydrogens is 370 g/mol. The van der Waals surface area contributed by atoms with Gasteiger partial charge in [-0.05, 0) is 23.6 Å². The smallest absolute Gasteiger partial charge is 0.234 e. The molecule has 0 aliphatic carbocycles. The highest BCUT2D eigenvalue weighted by Crippen LogP contribution is 2.35. The molecule has 2 amide bonds.